The Morgan fingerprint density at radius 2 is 1.93 bits per heavy atom. The number of nitriles is 1. The molecule has 0 fully saturated rings. The van der Waals surface area contributed by atoms with Crippen LogP contribution in [0.15, 0.2) is 0 Å². The Morgan fingerprint density at radius 3 is 2.33 bits per heavy atom. The highest BCUT2D eigenvalue weighted by molar-refractivity contribution is 7.89. The molecule has 4 nitrogen and oxygen atoms in total. The molecule has 0 aromatic rings. The second-order valence-corrected chi connectivity index (χ2v) is 6.35. The van der Waals surface area contributed by atoms with E-state index in [1.54, 1.807) is 13.8 Å². The van der Waals surface area contributed by atoms with Crippen LogP contribution < -0.4 is 0 Å². The van der Waals surface area contributed by atoms with Gasteiger partial charge in [-0.05, 0) is 26.7 Å². The minimum atomic E-state index is -3.35. The van der Waals surface area contributed by atoms with E-state index < -0.39 is 15.6 Å². The minimum Gasteiger partial charge on any atom is -0.212 e. The Kier molecular flexibility index (Phi) is 5.57. The Hall–Kier alpha value is -0.310. The highest BCUT2D eigenvalue weighted by Crippen LogP contribution is 2.16. The zero-order valence-electron chi connectivity index (χ0n) is 9.33. The Bertz CT molecular complexity index is 333. The summed E-state index contributed by atoms with van der Waals surface area (Å²) in [6, 6.07) is 1.96. The lowest BCUT2D eigenvalue weighted by Gasteiger charge is -2.28. The summed E-state index contributed by atoms with van der Waals surface area (Å²) >= 11 is 5.47. The first-order valence-electron chi connectivity index (χ1n) is 4.72. The van der Waals surface area contributed by atoms with E-state index in [1.807, 2.05) is 6.07 Å². The van der Waals surface area contributed by atoms with Gasteiger partial charge in [-0.3, -0.25) is 0 Å². The fraction of sp³-hybridized carbons (Fsp3) is 0.889. The van der Waals surface area contributed by atoms with Crippen molar-refractivity contribution in [1.29, 1.82) is 5.26 Å². The van der Waals surface area contributed by atoms with E-state index in [1.165, 1.54) is 7.05 Å². The molecule has 0 amide bonds. The zero-order valence-corrected chi connectivity index (χ0v) is 10.9. The number of sulfonamides is 1. The van der Waals surface area contributed by atoms with Crippen molar-refractivity contribution in [2.24, 2.45) is 0 Å². The SMILES string of the molecule is CN(C(C)(C)C#N)S(=O)(=O)CCCCCl. The van der Waals surface area contributed by atoms with Gasteiger partial charge in [-0.1, -0.05) is 0 Å². The van der Waals surface area contributed by atoms with E-state index in [0.717, 1.165) is 4.31 Å². The lowest BCUT2D eigenvalue weighted by Crippen LogP contribution is -2.44. The third kappa shape index (κ3) is 4.37. The molecule has 0 atom stereocenters. The lowest BCUT2D eigenvalue weighted by atomic mass is 10.1. The second kappa shape index (κ2) is 5.69. The lowest BCUT2D eigenvalue weighted by molar-refractivity contribution is 0.336. The molecule has 0 aliphatic heterocycles. The number of nitrogens with zero attached hydrogens (tertiary/aromatic N) is 2. The van der Waals surface area contributed by atoms with Crippen molar-refractivity contribution >= 4 is 21.6 Å². The van der Waals surface area contributed by atoms with Gasteiger partial charge in [0, 0.05) is 12.9 Å². The molecule has 0 N–H and O–H groups in total. The third-order valence-electron chi connectivity index (χ3n) is 2.26. The van der Waals surface area contributed by atoms with E-state index >= 15 is 0 Å². The fourth-order valence-corrected chi connectivity index (χ4v) is 2.70. The maximum absolute atomic E-state index is 11.7. The van der Waals surface area contributed by atoms with E-state index in [9.17, 15) is 8.42 Å². The molecular formula is C9H17ClN2O2S. The summed E-state index contributed by atoms with van der Waals surface area (Å²) in [5.41, 5.74) is -1.00. The largest absolute Gasteiger partial charge is 0.215 e. The number of hydrogen-bond donors (Lipinski definition) is 0. The van der Waals surface area contributed by atoms with Crippen LogP contribution >= 0.6 is 11.6 Å². The van der Waals surface area contributed by atoms with Gasteiger partial charge in [0.25, 0.3) is 0 Å². The van der Waals surface area contributed by atoms with E-state index in [2.05, 4.69) is 0 Å². The van der Waals surface area contributed by atoms with Crippen LogP contribution in [0.2, 0.25) is 0 Å². The summed E-state index contributed by atoms with van der Waals surface area (Å²) in [7, 11) is -1.92. The van der Waals surface area contributed by atoms with Crippen LogP contribution in [-0.4, -0.2) is 36.9 Å². The Labute approximate surface area is 96.9 Å². The predicted molar refractivity (Wildman–Crippen MR) is 61.2 cm³/mol. The molecule has 0 saturated heterocycles. The van der Waals surface area contributed by atoms with Crippen molar-refractivity contribution < 1.29 is 8.42 Å². The first-order chi connectivity index (χ1) is 6.78. The van der Waals surface area contributed by atoms with Crippen LogP contribution in [-0.2, 0) is 10.0 Å². The maximum atomic E-state index is 11.7. The van der Waals surface area contributed by atoms with Gasteiger partial charge in [-0.15, -0.1) is 11.6 Å². The van der Waals surface area contributed by atoms with Crippen LogP contribution in [0, 0.1) is 11.3 Å². The van der Waals surface area contributed by atoms with E-state index in [0.29, 0.717) is 18.7 Å². The maximum Gasteiger partial charge on any atom is 0.215 e. The quantitative estimate of drug-likeness (QED) is 0.533. The molecule has 0 bridgehead atoms. The van der Waals surface area contributed by atoms with E-state index in [4.69, 9.17) is 16.9 Å². The van der Waals surface area contributed by atoms with Crippen molar-refractivity contribution in [3.63, 3.8) is 0 Å². The summed E-state index contributed by atoms with van der Waals surface area (Å²) in [5, 5.41) is 8.82. The molecule has 0 heterocycles. The minimum absolute atomic E-state index is 0.0430. The topological polar surface area (TPSA) is 61.2 Å². The molecule has 0 rings (SSSR count). The van der Waals surface area contributed by atoms with Crippen molar-refractivity contribution in [1.82, 2.24) is 4.31 Å². The number of alkyl halides is 1. The van der Waals surface area contributed by atoms with Gasteiger partial charge in [0.15, 0.2) is 0 Å². The smallest absolute Gasteiger partial charge is 0.212 e. The molecule has 0 aliphatic rings. The van der Waals surface area contributed by atoms with Crippen molar-refractivity contribution in [3.8, 4) is 6.07 Å². The fourth-order valence-electron chi connectivity index (χ4n) is 0.934. The van der Waals surface area contributed by atoms with Crippen molar-refractivity contribution in [3.05, 3.63) is 0 Å². The molecule has 0 radical (unpaired) electrons. The number of unbranched alkanes of at least 4 members (excludes halogenated alkanes) is 1. The van der Waals surface area contributed by atoms with Crippen LogP contribution in [0.1, 0.15) is 26.7 Å². The summed E-state index contributed by atoms with van der Waals surface area (Å²) in [6.45, 7) is 3.15. The zero-order chi connectivity index (χ0) is 12.1. The average molecular weight is 253 g/mol. The van der Waals surface area contributed by atoms with Crippen LogP contribution in [0.3, 0.4) is 0 Å². The van der Waals surface area contributed by atoms with Crippen LogP contribution in [0.5, 0.6) is 0 Å². The molecule has 0 aliphatic carbocycles. The standard InChI is InChI=1S/C9H17ClN2O2S/c1-9(2,8-11)12(3)15(13,14)7-5-4-6-10/h4-7H2,1-3H3. The molecule has 0 unspecified atom stereocenters. The number of halogens is 1. The van der Waals surface area contributed by atoms with Gasteiger partial charge in [0.2, 0.25) is 10.0 Å². The molecule has 0 spiro atoms. The van der Waals surface area contributed by atoms with Gasteiger partial charge >= 0.3 is 0 Å². The normalized spacial score (nSPS) is 12.8. The molecule has 0 saturated carbocycles. The number of hydrogen-bond acceptors (Lipinski definition) is 3. The predicted octanol–water partition coefficient (Wildman–Crippen LogP) is 1.57. The molecule has 15 heavy (non-hydrogen) atoms. The van der Waals surface area contributed by atoms with E-state index in [-0.39, 0.29) is 5.75 Å². The van der Waals surface area contributed by atoms with Crippen molar-refractivity contribution in [2.45, 2.75) is 32.2 Å². The van der Waals surface area contributed by atoms with Crippen LogP contribution in [0.4, 0.5) is 0 Å². The summed E-state index contributed by atoms with van der Waals surface area (Å²) in [6.07, 6.45) is 1.19. The monoisotopic (exact) mass is 252 g/mol. The first-order valence-corrected chi connectivity index (χ1v) is 6.86. The Morgan fingerprint density at radius 1 is 1.40 bits per heavy atom. The van der Waals surface area contributed by atoms with Gasteiger partial charge in [-0.25, -0.2) is 8.42 Å². The van der Waals surface area contributed by atoms with Gasteiger partial charge in [0.1, 0.15) is 5.54 Å². The van der Waals surface area contributed by atoms with Gasteiger partial charge in [0.05, 0.1) is 11.8 Å². The Balaban J connectivity index is 4.55. The van der Waals surface area contributed by atoms with Gasteiger partial charge in [-0.2, -0.15) is 9.57 Å². The third-order valence-corrected chi connectivity index (χ3v) is 4.63. The van der Waals surface area contributed by atoms with Gasteiger partial charge < -0.3 is 0 Å². The van der Waals surface area contributed by atoms with Crippen LogP contribution in [0.25, 0.3) is 0 Å². The second-order valence-electron chi connectivity index (χ2n) is 3.85. The average Bonchev–Trinajstić information content (AvgIpc) is 2.17. The highest BCUT2D eigenvalue weighted by Gasteiger charge is 2.32. The molecule has 6 heteroatoms. The molecular weight excluding hydrogens is 236 g/mol. The summed E-state index contributed by atoms with van der Waals surface area (Å²) < 4.78 is 24.6. The first kappa shape index (κ1) is 14.7. The summed E-state index contributed by atoms with van der Waals surface area (Å²) in [4.78, 5) is 0. The summed E-state index contributed by atoms with van der Waals surface area (Å²) in [5.74, 6) is 0.502. The highest BCUT2D eigenvalue weighted by atomic mass is 35.5. The molecule has 0 aromatic heterocycles. The van der Waals surface area contributed by atoms with Crippen molar-refractivity contribution in [2.75, 3.05) is 18.7 Å². The molecule has 0 aromatic carbocycles. The molecule has 88 valence electrons. The number of rotatable bonds is 6.